The number of carbonyl (C=O) groups is 1. The van der Waals surface area contributed by atoms with E-state index >= 15 is 0 Å². The van der Waals surface area contributed by atoms with E-state index in [-0.39, 0.29) is 6.42 Å². The standard InChI is InChI=1S/C11H14N4O2/c1-4-15(12-3)10(5-11(16)17)9-6-13-8(2)14-7-9/h4,6-7,10H,1,3,5H2,2H3,(H,16,17). The number of carboxylic acids is 1. The first-order valence-corrected chi connectivity index (χ1v) is 4.96. The second-order valence-corrected chi connectivity index (χ2v) is 3.38. The molecule has 17 heavy (non-hydrogen) atoms. The Balaban J connectivity index is 3.04. The van der Waals surface area contributed by atoms with Gasteiger partial charge in [-0.15, -0.1) is 0 Å². The van der Waals surface area contributed by atoms with Gasteiger partial charge in [0.25, 0.3) is 0 Å². The quantitative estimate of drug-likeness (QED) is 0.594. The van der Waals surface area contributed by atoms with Gasteiger partial charge in [0.05, 0.1) is 12.5 Å². The summed E-state index contributed by atoms with van der Waals surface area (Å²) in [5.41, 5.74) is 0.658. The molecule has 1 aromatic rings. The number of aliphatic carboxylic acids is 1. The predicted octanol–water partition coefficient (Wildman–Crippen LogP) is 1.36. The number of aromatic nitrogens is 2. The highest BCUT2D eigenvalue weighted by atomic mass is 16.4. The lowest BCUT2D eigenvalue weighted by Crippen LogP contribution is -2.21. The Morgan fingerprint density at radius 3 is 2.65 bits per heavy atom. The largest absolute Gasteiger partial charge is 0.481 e. The van der Waals surface area contributed by atoms with Crippen LogP contribution in [0, 0.1) is 6.92 Å². The van der Waals surface area contributed by atoms with Crippen LogP contribution in [0.3, 0.4) is 0 Å². The van der Waals surface area contributed by atoms with Gasteiger partial charge < -0.3 is 5.11 Å². The van der Waals surface area contributed by atoms with Gasteiger partial charge in [0.2, 0.25) is 0 Å². The van der Waals surface area contributed by atoms with Gasteiger partial charge in [-0.3, -0.25) is 9.80 Å². The summed E-state index contributed by atoms with van der Waals surface area (Å²) in [6.07, 6.45) is 4.45. The minimum Gasteiger partial charge on any atom is -0.481 e. The van der Waals surface area contributed by atoms with Gasteiger partial charge in [-0.1, -0.05) is 6.58 Å². The molecule has 0 aliphatic rings. The molecular weight excluding hydrogens is 220 g/mol. The van der Waals surface area contributed by atoms with Crippen molar-refractivity contribution in [3.05, 3.63) is 36.6 Å². The molecule has 0 bridgehead atoms. The maximum absolute atomic E-state index is 10.8. The van der Waals surface area contributed by atoms with Crippen molar-refractivity contribution in [3.8, 4) is 0 Å². The van der Waals surface area contributed by atoms with Crippen LogP contribution in [0.2, 0.25) is 0 Å². The van der Waals surface area contributed by atoms with E-state index in [4.69, 9.17) is 5.11 Å². The molecule has 6 heteroatoms. The summed E-state index contributed by atoms with van der Waals surface area (Å²) < 4.78 is 0. The maximum atomic E-state index is 10.8. The molecule has 0 aliphatic carbocycles. The van der Waals surface area contributed by atoms with Gasteiger partial charge in [0, 0.05) is 30.9 Å². The summed E-state index contributed by atoms with van der Waals surface area (Å²) in [4.78, 5) is 18.9. The van der Waals surface area contributed by atoms with Crippen molar-refractivity contribution in [1.82, 2.24) is 15.0 Å². The molecular formula is C11H14N4O2. The molecule has 1 N–H and O–H groups in total. The average Bonchev–Trinajstić information content (AvgIpc) is 2.30. The zero-order valence-corrected chi connectivity index (χ0v) is 9.58. The van der Waals surface area contributed by atoms with Crippen molar-refractivity contribution in [3.63, 3.8) is 0 Å². The highest BCUT2D eigenvalue weighted by Crippen LogP contribution is 2.23. The molecule has 0 saturated carbocycles. The van der Waals surface area contributed by atoms with Crippen LogP contribution in [0.15, 0.2) is 30.3 Å². The molecule has 0 aromatic carbocycles. The van der Waals surface area contributed by atoms with E-state index in [0.29, 0.717) is 11.4 Å². The van der Waals surface area contributed by atoms with Gasteiger partial charge >= 0.3 is 5.97 Å². The van der Waals surface area contributed by atoms with Crippen molar-refractivity contribution in [1.29, 1.82) is 0 Å². The molecule has 1 unspecified atom stereocenters. The minimum absolute atomic E-state index is 0.128. The number of carboxylic acid groups (broad SMARTS) is 1. The monoisotopic (exact) mass is 234 g/mol. The third-order valence-electron chi connectivity index (χ3n) is 2.22. The van der Waals surface area contributed by atoms with Gasteiger partial charge in [0.1, 0.15) is 5.82 Å². The van der Waals surface area contributed by atoms with Crippen molar-refractivity contribution in [2.24, 2.45) is 5.10 Å². The summed E-state index contributed by atoms with van der Waals surface area (Å²) in [5, 5.41) is 14.0. The normalized spacial score (nSPS) is 11.6. The molecule has 90 valence electrons. The fourth-order valence-corrected chi connectivity index (χ4v) is 1.39. The summed E-state index contributed by atoms with van der Waals surface area (Å²) in [6, 6.07) is -0.497. The van der Waals surface area contributed by atoms with Gasteiger partial charge in [-0.05, 0) is 6.92 Å². The summed E-state index contributed by atoms with van der Waals surface area (Å²) in [5.74, 6) is -0.314. The Labute approximate surface area is 99.3 Å². The van der Waals surface area contributed by atoms with Crippen LogP contribution in [0.25, 0.3) is 0 Å². The first kappa shape index (κ1) is 12.8. The van der Waals surface area contributed by atoms with E-state index < -0.39 is 12.0 Å². The molecule has 0 amide bonds. The van der Waals surface area contributed by atoms with Crippen molar-refractivity contribution >= 4 is 12.7 Å². The Morgan fingerprint density at radius 2 is 2.24 bits per heavy atom. The van der Waals surface area contributed by atoms with Crippen LogP contribution in [0.5, 0.6) is 0 Å². The SMILES string of the molecule is C=CN(N=C)C(CC(=O)O)c1cnc(C)nc1. The summed E-state index contributed by atoms with van der Waals surface area (Å²) >= 11 is 0. The molecule has 0 aliphatic heterocycles. The highest BCUT2D eigenvalue weighted by Gasteiger charge is 2.21. The Hall–Kier alpha value is -2.24. The predicted molar refractivity (Wildman–Crippen MR) is 63.3 cm³/mol. The van der Waals surface area contributed by atoms with Crippen molar-refractivity contribution < 1.29 is 9.90 Å². The second-order valence-electron chi connectivity index (χ2n) is 3.38. The van der Waals surface area contributed by atoms with Crippen molar-refractivity contribution in [2.75, 3.05) is 0 Å². The summed E-state index contributed by atoms with van der Waals surface area (Å²) in [6.45, 7) is 8.69. The zero-order chi connectivity index (χ0) is 12.8. The van der Waals surface area contributed by atoms with Crippen LogP contribution in [-0.4, -0.2) is 32.8 Å². The lowest BCUT2D eigenvalue weighted by Gasteiger charge is -2.24. The molecule has 1 heterocycles. The van der Waals surface area contributed by atoms with Crippen LogP contribution in [0.1, 0.15) is 23.9 Å². The molecule has 0 saturated heterocycles. The van der Waals surface area contributed by atoms with E-state index in [1.54, 1.807) is 19.3 Å². The Morgan fingerprint density at radius 1 is 1.65 bits per heavy atom. The third kappa shape index (κ3) is 3.37. The lowest BCUT2D eigenvalue weighted by atomic mass is 10.1. The van der Waals surface area contributed by atoms with Gasteiger partial charge in [-0.2, -0.15) is 5.10 Å². The van der Waals surface area contributed by atoms with E-state index in [9.17, 15) is 4.79 Å². The molecule has 1 atom stereocenters. The number of rotatable bonds is 6. The van der Waals surface area contributed by atoms with Gasteiger partial charge in [0.15, 0.2) is 0 Å². The lowest BCUT2D eigenvalue weighted by molar-refractivity contribution is -0.138. The van der Waals surface area contributed by atoms with Crippen molar-refractivity contribution in [2.45, 2.75) is 19.4 Å². The van der Waals surface area contributed by atoms with Crippen LogP contribution < -0.4 is 0 Å². The Bertz CT molecular complexity index is 408. The topological polar surface area (TPSA) is 78.7 Å². The smallest absolute Gasteiger partial charge is 0.305 e. The number of aryl methyl sites for hydroxylation is 1. The number of hydrazone groups is 1. The van der Waals surface area contributed by atoms with Gasteiger partial charge in [-0.25, -0.2) is 9.97 Å². The van der Waals surface area contributed by atoms with Crippen LogP contribution >= 0.6 is 0 Å². The Kier molecular flexibility index (Phi) is 4.33. The number of hydrogen-bond donors (Lipinski definition) is 1. The van der Waals surface area contributed by atoms with E-state index in [2.05, 4.69) is 28.4 Å². The second kappa shape index (κ2) is 5.74. The van der Waals surface area contributed by atoms with E-state index in [1.807, 2.05) is 0 Å². The first-order valence-electron chi connectivity index (χ1n) is 4.96. The molecule has 0 spiro atoms. The fourth-order valence-electron chi connectivity index (χ4n) is 1.39. The molecule has 6 nitrogen and oxygen atoms in total. The maximum Gasteiger partial charge on any atom is 0.305 e. The third-order valence-corrected chi connectivity index (χ3v) is 2.22. The molecule has 1 aromatic heterocycles. The van der Waals surface area contributed by atoms with E-state index in [0.717, 1.165) is 0 Å². The average molecular weight is 234 g/mol. The molecule has 0 fully saturated rings. The highest BCUT2D eigenvalue weighted by molar-refractivity contribution is 5.67. The number of nitrogens with zero attached hydrogens (tertiary/aromatic N) is 4. The van der Waals surface area contributed by atoms with E-state index in [1.165, 1.54) is 11.2 Å². The first-order chi connectivity index (χ1) is 8.08. The minimum atomic E-state index is -0.939. The molecule has 0 radical (unpaired) electrons. The molecule has 1 rings (SSSR count). The summed E-state index contributed by atoms with van der Waals surface area (Å²) in [7, 11) is 0. The van der Waals surface area contributed by atoms with Crippen LogP contribution in [0.4, 0.5) is 0 Å². The zero-order valence-electron chi connectivity index (χ0n) is 9.58. The number of hydrogen-bond acceptors (Lipinski definition) is 5. The van der Waals surface area contributed by atoms with Crippen LogP contribution in [-0.2, 0) is 4.79 Å². The fraction of sp³-hybridized carbons (Fsp3) is 0.273.